The Morgan fingerprint density at radius 2 is 1.88 bits per heavy atom. The van der Waals surface area contributed by atoms with E-state index in [2.05, 4.69) is 0 Å². The van der Waals surface area contributed by atoms with Gasteiger partial charge in [0.1, 0.15) is 18.3 Å². The Labute approximate surface area is 150 Å². The van der Waals surface area contributed by atoms with Crippen LogP contribution >= 0.6 is 0 Å². The Kier molecular flexibility index (Phi) is 4.95. The van der Waals surface area contributed by atoms with Gasteiger partial charge in [-0.2, -0.15) is 0 Å². The van der Waals surface area contributed by atoms with Crippen molar-refractivity contribution in [2.24, 2.45) is 5.92 Å². The Morgan fingerprint density at radius 3 is 2.54 bits per heavy atom. The van der Waals surface area contributed by atoms with Crippen LogP contribution in [0.15, 0.2) is 45.6 Å². The second kappa shape index (κ2) is 7.17. The smallest absolute Gasteiger partial charge is 0.344 e. The summed E-state index contributed by atoms with van der Waals surface area (Å²) < 4.78 is 5.47. The van der Waals surface area contributed by atoms with Gasteiger partial charge < -0.3 is 24.7 Å². The molecule has 0 aliphatic carbocycles. The molecule has 0 saturated heterocycles. The number of carbonyl (C=O) groups excluding carboxylic acids is 1. The summed E-state index contributed by atoms with van der Waals surface area (Å²) in [4.78, 5) is 23.7. The molecule has 0 bridgehead atoms. The SMILES string of the molecule is CC[C@H](C)[C@@H]([NH2+]Cc1c(O)ccc2c1oc(=O)c1ccccc12)C(=O)[O-]. The van der Waals surface area contributed by atoms with Crippen molar-refractivity contribution in [3.63, 3.8) is 0 Å². The molecule has 3 rings (SSSR count). The van der Waals surface area contributed by atoms with Gasteiger partial charge in [0.05, 0.1) is 16.9 Å². The first kappa shape index (κ1) is 17.9. The maximum atomic E-state index is 12.3. The zero-order chi connectivity index (χ0) is 18.8. The lowest BCUT2D eigenvalue weighted by Crippen LogP contribution is -2.93. The number of aromatic hydroxyl groups is 1. The zero-order valence-electron chi connectivity index (χ0n) is 14.7. The van der Waals surface area contributed by atoms with E-state index in [1.807, 2.05) is 26.0 Å². The molecule has 1 aromatic heterocycles. The average Bonchev–Trinajstić information content (AvgIpc) is 2.63. The van der Waals surface area contributed by atoms with Gasteiger partial charge in [-0.25, -0.2) is 4.79 Å². The third-order valence-electron chi connectivity index (χ3n) is 4.97. The summed E-state index contributed by atoms with van der Waals surface area (Å²) in [6, 6.07) is 9.59. The first-order chi connectivity index (χ1) is 12.4. The molecule has 2 aromatic carbocycles. The Hall–Kier alpha value is -2.86. The van der Waals surface area contributed by atoms with Crippen molar-refractivity contribution in [2.75, 3.05) is 0 Å². The van der Waals surface area contributed by atoms with Crippen LogP contribution in [0.2, 0.25) is 0 Å². The Balaban J connectivity index is 2.10. The van der Waals surface area contributed by atoms with Gasteiger partial charge in [0.25, 0.3) is 0 Å². The quantitative estimate of drug-likeness (QED) is 0.504. The molecule has 0 unspecified atom stereocenters. The second-order valence-electron chi connectivity index (χ2n) is 6.55. The number of carbonyl (C=O) groups is 1. The van der Waals surface area contributed by atoms with Crippen LogP contribution in [0.25, 0.3) is 21.7 Å². The molecule has 0 aliphatic heterocycles. The van der Waals surface area contributed by atoms with Gasteiger partial charge in [-0.1, -0.05) is 32.0 Å². The number of hydrogen-bond donors (Lipinski definition) is 2. The van der Waals surface area contributed by atoms with Crippen molar-refractivity contribution in [3.05, 3.63) is 52.4 Å². The van der Waals surface area contributed by atoms with Gasteiger partial charge in [-0.15, -0.1) is 0 Å². The molecule has 0 saturated carbocycles. The third-order valence-corrected chi connectivity index (χ3v) is 4.97. The molecule has 136 valence electrons. The Morgan fingerprint density at radius 1 is 1.19 bits per heavy atom. The summed E-state index contributed by atoms with van der Waals surface area (Å²) in [5, 5.41) is 25.2. The van der Waals surface area contributed by atoms with Crippen LogP contribution in [0.3, 0.4) is 0 Å². The van der Waals surface area contributed by atoms with Crippen molar-refractivity contribution in [1.82, 2.24) is 0 Å². The fourth-order valence-corrected chi connectivity index (χ4v) is 3.25. The maximum Gasteiger partial charge on any atom is 0.344 e. The van der Waals surface area contributed by atoms with Gasteiger partial charge in [0, 0.05) is 11.3 Å². The van der Waals surface area contributed by atoms with E-state index in [0.29, 0.717) is 22.8 Å². The molecule has 6 heteroatoms. The largest absolute Gasteiger partial charge is 0.544 e. The lowest BCUT2D eigenvalue weighted by Gasteiger charge is -2.22. The minimum Gasteiger partial charge on any atom is -0.544 e. The predicted molar refractivity (Wildman–Crippen MR) is 95.5 cm³/mol. The summed E-state index contributed by atoms with van der Waals surface area (Å²) in [5.41, 5.74) is 0.199. The van der Waals surface area contributed by atoms with Crippen LogP contribution in [0.4, 0.5) is 0 Å². The highest BCUT2D eigenvalue weighted by Gasteiger charge is 2.22. The summed E-state index contributed by atoms with van der Waals surface area (Å²) >= 11 is 0. The number of aliphatic carboxylic acids is 1. The van der Waals surface area contributed by atoms with Crippen molar-refractivity contribution < 1.29 is 24.7 Å². The van der Waals surface area contributed by atoms with E-state index in [1.54, 1.807) is 23.5 Å². The van der Waals surface area contributed by atoms with Gasteiger partial charge in [0.15, 0.2) is 5.58 Å². The molecule has 0 aliphatic rings. The summed E-state index contributed by atoms with van der Waals surface area (Å²) in [7, 11) is 0. The van der Waals surface area contributed by atoms with E-state index in [4.69, 9.17) is 4.42 Å². The fraction of sp³-hybridized carbons (Fsp3) is 0.300. The molecular weight excluding hydrogens is 334 g/mol. The highest BCUT2D eigenvalue weighted by atomic mass is 16.4. The number of phenols is 1. The normalized spacial score (nSPS) is 13.8. The average molecular weight is 355 g/mol. The molecule has 2 atom stereocenters. The van der Waals surface area contributed by atoms with Gasteiger partial charge in [-0.3, -0.25) is 0 Å². The van der Waals surface area contributed by atoms with E-state index < -0.39 is 17.6 Å². The Bertz CT molecular complexity index is 1020. The number of phenolic OH excluding ortho intramolecular Hbond substituents is 1. The molecule has 0 amide bonds. The highest BCUT2D eigenvalue weighted by molar-refractivity contribution is 6.05. The van der Waals surface area contributed by atoms with E-state index in [-0.39, 0.29) is 23.8 Å². The van der Waals surface area contributed by atoms with E-state index in [0.717, 1.165) is 5.39 Å². The lowest BCUT2D eigenvalue weighted by molar-refractivity contribution is -0.704. The molecule has 3 N–H and O–H groups in total. The second-order valence-corrected chi connectivity index (χ2v) is 6.55. The van der Waals surface area contributed by atoms with Crippen molar-refractivity contribution >= 4 is 27.7 Å². The van der Waals surface area contributed by atoms with Gasteiger partial charge in [-0.05, 0) is 30.0 Å². The predicted octanol–water partition coefficient (Wildman–Crippen LogP) is 0.880. The standard InChI is InChI=1S/C20H21NO5/c1-3-11(2)17(19(23)24)21-10-15-16(22)9-8-13-12-6-4-5-7-14(12)20(25)26-18(13)15/h4-9,11,17,21-22H,3,10H2,1-2H3,(H,23,24)/t11-,17+/m0/s1. The van der Waals surface area contributed by atoms with Gasteiger partial charge in [0.2, 0.25) is 0 Å². The molecule has 0 radical (unpaired) electrons. The van der Waals surface area contributed by atoms with Crippen LogP contribution in [0.1, 0.15) is 25.8 Å². The van der Waals surface area contributed by atoms with E-state index in [1.165, 1.54) is 6.07 Å². The fourth-order valence-electron chi connectivity index (χ4n) is 3.25. The van der Waals surface area contributed by atoms with Crippen LogP contribution in [0, 0.1) is 5.92 Å². The molecular formula is C20H21NO5. The van der Waals surface area contributed by atoms with Crippen molar-refractivity contribution in [1.29, 1.82) is 0 Å². The lowest BCUT2D eigenvalue weighted by atomic mass is 9.98. The van der Waals surface area contributed by atoms with Crippen LogP contribution < -0.4 is 16.0 Å². The number of hydrogen-bond acceptors (Lipinski definition) is 5. The van der Waals surface area contributed by atoms with Crippen LogP contribution in [0.5, 0.6) is 5.75 Å². The van der Waals surface area contributed by atoms with Crippen LogP contribution in [-0.4, -0.2) is 17.1 Å². The number of benzene rings is 2. The van der Waals surface area contributed by atoms with Crippen LogP contribution in [-0.2, 0) is 11.3 Å². The molecule has 0 spiro atoms. The number of fused-ring (bicyclic) bond motifs is 3. The maximum absolute atomic E-state index is 12.3. The monoisotopic (exact) mass is 355 g/mol. The minimum atomic E-state index is -1.15. The molecule has 26 heavy (non-hydrogen) atoms. The molecule has 0 fully saturated rings. The number of quaternary nitrogens is 1. The summed E-state index contributed by atoms with van der Waals surface area (Å²) in [6.07, 6.45) is 0.691. The summed E-state index contributed by atoms with van der Waals surface area (Å²) in [6.45, 7) is 3.91. The van der Waals surface area contributed by atoms with E-state index in [9.17, 15) is 19.8 Å². The molecule has 6 nitrogen and oxygen atoms in total. The van der Waals surface area contributed by atoms with Gasteiger partial charge >= 0.3 is 5.63 Å². The molecule has 3 aromatic rings. The van der Waals surface area contributed by atoms with Crippen molar-refractivity contribution in [2.45, 2.75) is 32.9 Å². The first-order valence-electron chi connectivity index (χ1n) is 8.64. The minimum absolute atomic E-state index is 0.0339. The number of carboxylic acid groups (broad SMARTS) is 1. The topological polar surface area (TPSA) is 107 Å². The van der Waals surface area contributed by atoms with E-state index >= 15 is 0 Å². The highest BCUT2D eigenvalue weighted by Crippen LogP contribution is 2.30. The molecule has 1 heterocycles. The number of rotatable bonds is 6. The first-order valence-corrected chi connectivity index (χ1v) is 8.64. The third kappa shape index (κ3) is 3.15. The number of carboxylic acids is 1. The zero-order valence-corrected chi connectivity index (χ0v) is 14.7. The number of nitrogens with two attached hydrogens (primary N) is 1. The van der Waals surface area contributed by atoms with Crippen molar-refractivity contribution in [3.8, 4) is 5.75 Å². The summed E-state index contributed by atoms with van der Waals surface area (Å²) in [5.74, 6) is -1.27.